The second-order valence-electron chi connectivity index (χ2n) is 9.30. The number of aromatic nitrogens is 3. The number of rotatable bonds is 8. The molecular weight excluding hydrogens is 484 g/mol. The van der Waals surface area contributed by atoms with Gasteiger partial charge in [0.2, 0.25) is 0 Å². The van der Waals surface area contributed by atoms with Crippen LogP contribution in [0.5, 0.6) is 0 Å². The van der Waals surface area contributed by atoms with Crippen molar-refractivity contribution in [2.24, 2.45) is 4.99 Å². The lowest BCUT2D eigenvalue weighted by Crippen LogP contribution is -2.33. The summed E-state index contributed by atoms with van der Waals surface area (Å²) in [6.45, 7) is 10.2. The minimum atomic E-state index is -0.674. The molecule has 9 nitrogen and oxygen atoms in total. The van der Waals surface area contributed by atoms with Gasteiger partial charge in [-0.1, -0.05) is 24.3 Å². The highest BCUT2D eigenvalue weighted by atomic mass is 16.5. The third-order valence-corrected chi connectivity index (χ3v) is 6.16. The average molecular weight is 517 g/mol. The van der Waals surface area contributed by atoms with E-state index in [2.05, 4.69) is 4.99 Å². The van der Waals surface area contributed by atoms with Gasteiger partial charge in [-0.3, -0.25) is 14.0 Å². The average Bonchev–Trinajstić information content (AvgIpc) is 2.88. The van der Waals surface area contributed by atoms with Gasteiger partial charge in [0.15, 0.2) is 5.49 Å². The number of ether oxygens (including phenoxy) is 2. The Morgan fingerprint density at radius 3 is 2.47 bits per heavy atom. The Morgan fingerprint density at radius 1 is 1.03 bits per heavy atom. The van der Waals surface area contributed by atoms with Gasteiger partial charge in [0.05, 0.1) is 18.1 Å². The molecule has 0 bridgehead atoms. The van der Waals surface area contributed by atoms with Gasteiger partial charge in [0, 0.05) is 24.9 Å². The molecule has 0 saturated carbocycles. The van der Waals surface area contributed by atoms with E-state index >= 15 is 0 Å². The molecule has 198 valence electrons. The van der Waals surface area contributed by atoms with Crippen LogP contribution < -0.4 is 11.0 Å². The van der Waals surface area contributed by atoms with Crippen molar-refractivity contribution in [2.45, 2.75) is 53.7 Å². The predicted octanol–water partition coefficient (Wildman–Crippen LogP) is 4.00. The zero-order valence-corrected chi connectivity index (χ0v) is 22.4. The summed E-state index contributed by atoms with van der Waals surface area (Å²) in [5, 5.41) is 0.225. The van der Waals surface area contributed by atoms with Crippen LogP contribution >= 0.6 is 0 Å². The van der Waals surface area contributed by atoms with Crippen molar-refractivity contribution in [2.75, 3.05) is 13.2 Å². The molecule has 3 aromatic heterocycles. The zero-order valence-electron chi connectivity index (χ0n) is 22.4. The highest BCUT2D eigenvalue weighted by Crippen LogP contribution is 2.15. The lowest BCUT2D eigenvalue weighted by Gasteiger charge is -2.16. The van der Waals surface area contributed by atoms with E-state index in [-0.39, 0.29) is 34.7 Å². The van der Waals surface area contributed by atoms with Crippen LogP contribution in [-0.2, 0) is 16.0 Å². The first kappa shape index (κ1) is 26.9. The lowest BCUT2D eigenvalue weighted by atomic mass is 10.1. The second kappa shape index (κ2) is 11.5. The number of esters is 1. The van der Waals surface area contributed by atoms with Crippen LogP contribution in [0.4, 0.5) is 0 Å². The monoisotopic (exact) mass is 516 g/mol. The van der Waals surface area contributed by atoms with Crippen molar-refractivity contribution in [1.82, 2.24) is 14.0 Å². The van der Waals surface area contributed by atoms with E-state index in [1.54, 1.807) is 35.9 Å². The molecule has 0 aliphatic heterocycles. The molecule has 0 spiro atoms. The van der Waals surface area contributed by atoms with Crippen LogP contribution in [-0.4, -0.2) is 45.1 Å². The molecule has 4 aromatic rings. The molecule has 0 saturated heterocycles. The molecule has 38 heavy (non-hydrogen) atoms. The Kier molecular flexibility index (Phi) is 8.16. The van der Waals surface area contributed by atoms with Crippen molar-refractivity contribution >= 4 is 28.6 Å². The summed E-state index contributed by atoms with van der Waals surface area (Å²) in [6.07, 6.45) is 2.23. The third kappa shape index (κ3) is 5.43. The summed E-state index contributed by atoms with van der Waals surface area (Å²) < 4.78 is 14.1. The number of carbonyl (C=O) groups excluding carboxylic acids is 2. The van der Waals surface area contributed by atoms with Gasteiger partial charge in [-0.2, -0.15) is 4.99 Å². The van der Waals surface area contributed by atoms with Crippen LogP contribution in [0.3, 0.4) is 0 Å². The molecule has 4 rings (SSSR count). The highest BCUT2D eigenvalue weighted by molar-refractivity contribution is 5.98. The predicted molar refractivity (Wildman–Crippen MR) is 144 cm³/mol. The van der Waals surface area contributed by atoms with E-state index in [1.807, 2.05) is 45.9 Å². The summed E-state index contributed by atoms with van der Waals surface area (Å²) in [5.74, 6) is -1.18. The number of hydrogen-bond donors (Lipinski definition) is 0. The van der Waals surface area contributed by atoms with Crippen molar-refractivity contribution in [3.63, 3.8) is 0 Å². The van der Waals surface area contributed by atoms with Gasteiger partial charge in [0.25, 0.3) is 11.5 Å². The van der Waals surface area contributed by atoms with Crippen LogP contribution in [0.1, 0.15) is 59.0 Å². The van der Waals surface area contributed by atoms with Crippen molar-refractivity contribution in [1.29, 1.82) is 0 Å². The van der Waals surface area contributed by atoms with Crippen molar-refractivity contribution in [3.8, 4) is 0 Å². The summed E-state index contributed by atoms with van der Waals surface area (Å²) >= 11 is 0. The lowest BCUT2D eigenvalue weighted by molar-refractivity contribution is 0.0523. The van der Waals surface area contributed by atoms with Crippen LogP contribution in [0.25, 0.3) is 16.7 Å². The molecule has 1 aromatic carbocycles. The maximum absolute atomic E-state index is 13.6. The first-order valence-electron chi connectivity index (χ1n) is 12.7. The van der Waals surface area contributed by atoms with E-state index in [0.717, 1.165) is 11.1 Å². The molecule has 9 heteroatoms. The number of fused-ring (bicyclic) bond motifs is 2. The molecule has 3 heterocycles. The quantitative estimate of drug-likeness (QED) is 0.199. The number of amides is 1. The maximum Gasteiger partial charge on any atom is 0.341 e. The van der Waals surface area contributed by atoms with Crippen LogP contribution in [0.2, 0.25) is 0 Å². The van der Waals surface area contributed by atoms with Gasteiger partial charge in [-0.15, -0.1) is 0 Å². The standard InChI is InChI=1S/C29H32N4O5/c1-6-37-29(36)23-17-22-25(30-24-20(5)12-9-14-33(24)28(22)35)32(15-10-16-38-18(2)3)26(23)31-27(34)21-13-8-7-11-19(21)4/h7-9,11-14,17-18H,6,10,15-16H2,1-5H3. The molecule has 0 atom stereocenters. The maximum atomic E-state index is 13.6. The molecule has 1 amide bonds. The first-order chi connectivity index (χ1) is 18.2. The number of nitrogens with zero attached hydrogens (tertiary/aromatic N) is 4. The topological polar surface area (TPSA) is 104 Å². The van der Waals surface area contributed by atoms with E-state index in [1.165, 1.54) is 10.5 Å². The molecule has 0 aliphatic rings. The summed E-state index contributed by atoms with van der Waals surface area (Å²) in [7, 11) is 0. The second-order valence-corrected chi connectivity index (χ2v) is 9.30. The molecule has 0 unspecified atom stereocenters. The number of benzene rings is 1. The van der Waals surface area contributed by atoms with Crippen LogP contribution in [0.15, 0.2) is 58.4 Å². The Bertz CT molecular complexity index is 1650. The molecule has 0 aliphatic carbocycles. The van der Waals surface area contributed by atoms with E-state index in [9.17, 15) is 14.4 Å². The van der Waals surface area contributed by atoms with Crippen molar-refractivity contribution < 1.29 is 19.1 Å². The largest absolute Gasteiger partial charge is 0.462 e. The first-order valence-corrected chi connectivity index (χ1v) is 12.7. The van der Waals surface area contributed by atoms with Gasteiger partial charge in [0.1, 0.15) is 16.9 Å². The minimum absolute atomic E-state index is 0.0255. The van der Waals surface area contributed by atoms with Gasteiger partial charge >= 0.3 is 5.97 Å². The fraction of sp³-hybridized carbons (Fsp3) is 0.345. The number of hydrogen-bond acceptors (Lipinski definition) is 6. The third-order valence-electron chi connectivity index (χ3n) is 6.16. The van der Waals surface area contributed by atoms with E-state index in [4.69, 9.17) is 14.5 Å². The Labute approximate surface area is 220 Å². The number of aryl methyl sites for hydroxylation is 3. The minimum Gasteiger partial charge on any atom is -0.462 e. The summed E-state index contributed by atoms with van der Waals surface area (Å²) in [6, 6.07) is 12.2. The molecule has 0 fully saturated rings. The van der Waals surface area contributed by atoms with Gasteiger partial charge < -0.3 is 14.0 Å². The Balaban J connectivity index is 2.07. The van der Waals surface area contributed by atoms with Crippen molar-refractivity contribution in [3.05, 3.63) is 86.8 Å². The SMILES string of the molecule is CCOC(=O)c1cc2c(=O)n3cccc(C)c3nc2n(CCCOC(C)C)c1=NC(=O)c1ccccc1C. The van der Waals surface area contributed by atoms with Gasteiger partial charge in [-0.05, 0) is 70.4 Å². The Hall–Kier alpha value is -4.11. The molecular formula is C29H32N4O5. The fourth-order valence-corrected chi connectivity index (χ4v) is 4.29. The van der Waals surface area contributed by atoms with E-state index < -0.39 is 11.9 Å². The Morgan fingerprint density at radius 2 is 1.76 bits per heavy atom. The molecule has 0 radical (unpaired) electrons. The van der Waals surface area contributed by atoms with Crippen LogP contribution in [0, 0.1) is 13.8 Å². The number of pyridine rings is 2. The zero-order chi connectivity index (χ0) is 27.4. The summed E-state index contributed by atoms with van der Waals surface area (Å²) in [5.41, 5.74) is 2.59. The fourth-order valence-electron chi connectivity index (χ4n) is 4.29. The number of carbonyl (C=O) groups is 2. The van der Waals surface area contributed by atoms with Gasteiger partial charge in [-0.25, -0.2) is 9.78 Å². The smallest absolute Gasteiger partial charge is 0.341 e. The van der Waals surface area contributed by atoms with E-state index in [0.29, 0.717) is 36.4 Å². The highest BCUT2D eigenvalue weighted by Gasteiger charge is 2.21. The summed E-state index contributed by atoms with van der Waals surface area (Å²) in [4.78, 5) is 49.3. The molecule has 0 N–H and O–H groups in total. The normalized spacial score (nSPS) is 12.0.